The maximum Gasteiger partial charge on any atom is 0.417 e. The van der Waals surface area contributed by atoms with E-state index in [4.69, 9.17) is 34.8 Å². The molecule has 4 nitrogen and oxygen atoms in total. The van der Waals surface area contributed by atoms with E-state index < -0.39 is 86.5 Å². The number of nitrogens with one attached hydrogen (secondary N) is 2. The smallest absolute Gasteiger partial charge is 0.345 e. The SMILES string of the molecule is CC(C)(NC(=O)c1ccc(/C(F)=C/C(c2cc(Cl)c(Cl)c(Cl)c2)C(F)(F)F)cc1C(F)(F)F)C(=O)NCC(F)(F)F. The topological polar surface area (TPSA) is 58.2 Å². The molecule has 2 aromatic rings. The van der Waals surface area contributed by atoms with Crippen LogP contribution in [-0.4, -0.2) is 36.3 Å². The Bertz CT molecular complexity index is 1330. The molecule has 2 aromatic carbocycles. The van der Waals surface area contributed by atoms with Crippen molar-refractivity contribution in [3.05, 3.63) is 73.7 Å². The van der Waals surface area contributed by atoms with Crippen LogP contribution in [0, 0.1) is 0 Å². The van der Waals surface area contributed by atoms with Gasteiger partial charge in [0, 0.05) is 5.56 Å². The molecule has 0 aliphatic carbocycles. The molecule has 41 heavy (non-hydrogen) atoms. The highest BCUT2D eigenvalue weighted by Gasteiger charge is 2.41. The molecule has 0 aromatic heterocycles. The Kier molecular flexibility index (Phi) is 10.3. The number of halogens is 13. The Morgan fingerprint density at radius 2 is 1.44 bits per heavy atom. The third-order valence-corrected chi connectivity index (χ3v) is 6.52. The molecule has 1 atom stereocenters. The van der Waals surface area contributed by atoms with E-state index in [9.17, 15) is 53.5 Å². The van der Waals surface area contributed by atoms with Gasteiger partial charge in [-0.2, -0.15) is 39.5 Å². The van der Waals surface area contributed by atoms with Crippen LogP contribution in [-0.2, 0) is 11.0 Å². The van der Waals surface area contributed by atoms with E-state index in [0.717, 1.165) is 26.0 Å². The van der Waals surface area contributed by atoms with Gasteiger partial charge < -0.3 is 10.6 Å². The lowest BCUT2D eigenvalue weighted by Crippen LogP contribution is -2.56. The summed E-state index contributed by atoms with van der Waals surface area (Å²) in [6.07, 6.45) is -15.4. The van der Waals surface area contributed by atoms with E-state index >= 15 is 0 Å². The van der Waals surface area contributed by atoms with Crippen molar-refractivity contribution in [3.8, 4) is 0 Å². The van der Waals surface area contributed by atoms with E-state index in [-0.39, 0.29) is 17.2 Å². The summed E-state index contributed by atoms with van der Waals surface area (Å²) in [4.78, 5) is 24.6. The molecular weight excluding hydrogens is 645 g/mol. The van der Waals surface area contributed by atoms with Crippen molar-refractivity contribution in [2.45, 2.75) is 43.8 Å². The predicted molar refractivity (Wildman–Crippen MR) is 131 cm³/mol. The Morgan fingerprint density at radius 3 is 1.90 bits per heavy atom. The zero-order chi connectivity index (χ0) is 31.7. The Balaban J connectivity index is 2.50. The number of rotatable bonds is 7. The number of carbonyl (C=O) groups excluding carboxylic acids is 2. The molecule has 0 bridgehead atoms. The van der Waals surface area contributed by atoms with Crippen LogP contribution in [0.5, 0.6) is 0 Å². The zero-order valence-corrected chi connectivity index (χ0v) is 22.7. The van der Waals surface area contributed by atoms with Crippen LogP contribution in [0.25, 0.3) is 5.83 Å². The van der Waals surface area contributed by atoms with Gasteiger partial charge in [0.2, 0.25) is 5.91 Å². The first-order valence-corrected chi connectivity index (χ1v) is 12.0. The van der Waals surface area contributed by atoms with Crippen LogP contribution in [0.2, 0.25) is 15.1 Å². The molecule has 0 fully saturated rings. The average molecular weight is 662 g/mol. The summed E-state index contributed by atoms with van der Waals surface area (Å²) in [5, 5.41) is 2.23. The first kappa shape index (κ1) is 34.5. The molecule has 2 rings (SSSR count). The highest BCUT2D eigenvalue weighted by molar-refractivity contribution is 6.48. The van der Waals surface area contributed by atoms with E-state index in [1.807, 2.05) is 5.32 Å². The number of alkyl halides is 9. The van der Waals surface area contributed by atoms with Gasteiger partial charge in [-0.15, -0.1) is 0 Å². The van der Waals surface area contributed by atoms with Crippen molar-refractivity contribution in [1.82, 2.24) is 10.6 Å². The summed E-state index contributed by atoms with van der Waals surface area (Å²) < 4.78 is 135. The lowest BCUT2D eigenvalue weighted by molar-refractivity contribution is -0.141. The number of hydrogen-bond acceptors (Lipinski definition) is 2. The first-order chi connectivity index (χ1) is 18.4. The summed E-state index contributed by atoms with van der Waals surface area (Å²) in [6.45, 7) is 0.0347. The van der Waals surface area contributed by atoms with Gasteiger partial charge in [0.15, 0.2) is 0 Å². The van der Waals surface area contributed by atoms with Crippen LogP contribution in [0.4, 0.5) is 43.9 Å². The van der Waals surface area contributed by atoms with Gasteiger partial charge >= 0.3 is 18.5 Å². The average Bonchev–Trinajstić information content (AvgIpc) is 2.81. The van der Waals surface area contributed by atoms with Crippen molar-refractivity contribution in [2.24, 2.45) is 0 Å². The van der Waals surface area contributed by atoms with Crippen LogP contribution < -0.4 is 10.6 Å². The van der Waals surface area contributed by atoms with E-state index in [0.29, 0.717) is 12.1 Å². The fraction of sp³-hybridized carbons (Fsp3) is 0.333. The summed E-state index contributed by atoms with van der Waals surface area (Å²) in [7, 11) is 0. The normalized spacial score (nSPS) is 14.1. The summed E-state index contributed by atoms with van der Waals surface area (Å²) in [5.41, 5.74) is -6.81. The molecule has 0 heterocycles. The van der Waals surface area contributed by atoms with Gasteiger partial charge in [0.05, 0.1) is 26.2 Å². The third kappa shape index (κ3) is 9.14. The van der Waals surface area contributed by atoms with Gasteiger partial charge in [-0.1, -0.05) is 40.9 Å². The minimum atomic E-state index is -5.35. The third-order valence-electron chi connectivity index (χ3n) is 5.32. The quantitative estimate of drug-likeness (QED) is 0.231. The van der Waals surface area contributed by atoms with Crippen molar-refractivity contribution in [2.75, 3.05) is 6.54 Å². The van der Waals surface area contributed by atoms with Crippen LogP contribution in [0.1, 0.15) is 46.8 Å². The minimum Gasteiger partial charge on any atom is -0.345 e. The van der Waals surface area contributed by atoms with Gasteiger partial charge in [-0.3, -0.25) is 9.59 Å². The summed E-state index contributed by atoms with van der Waals surface area (Å²) in [6, 6.07) is 2.57. The second kappa shape index (κ2) is 12.3. The van der Waals surface area contributed by atoms with Crippen LogP contribution in [0.15, 0.2) is 36.4 Å². The Hall–Kier alpha value is -2.71. The summed E-state index contributed by atoms with van der Waals surface area (Å²) in [5.74, 6) is -7.47. The molecule has 226 valence electrons. The number of benzene rings is 2. The fourth-order valence-electron chi connectivity index (χ4n) is 3.31. The van der Waals surface area contributed by atoms with E-state index in [1.165, 1.54) is 5.32 Å². The fourth-order valence-corrected chi connectivity index (χ4v) is 3.92. The van der Waals surface area contributed by atoms with Crippen LogP contribution >= 0.6 is 34.8 Å². The highest BCUT2D eigenvalue weighted by Crippen LogP contribution is 2.43. The molecule has 0 saturated heterocycles. The van der Waals surface area contributed by atoms with Crippen molar-refractivity contribution in [3.63, 3.8) is 0 Å². The molecule has 0 radical (unpaired) electrons. The molecule has 2 N–H and O–H groups in total. The lowest BCUT2D eigenvalue weighted by atomic mass is 9.95. The molecule has 2 amide bonds. The highest BCUT2D eigenvalue weighted by atomic mass is 35.5. The van der Waals surface area contributed by atoms with Crippen molar-refractivity contribution < 1.29 is 53.5 Å². The second-order valence-corrected chi connectivity index (χ2v) is 10.2. The maximum absolute atomic E-state index is 15.0. The predicted octanol–water partition coefficient (Wildman–Crippen LogP) is 8.51. The van der Waals surface area contributed by atoms with Crippen molar-refractivity contribution >= 4 is 52.4 Å². The second-order valence-electron chi connectivity index (χ2n) is 8.97. The summed E-state index contributed by atoms with van der Waals surface area (Å²) >= 11 is 17.2. The van der Waals surface area contributed by atoms with Gasteiger partial charge in [0.25, 0.3) is 5.91 Å². The number of hydrogen-bond donors (Lipinski definition) is 2. The Labute approximate surface area is 240 Å². The van der Waals surface area contributed by atoms with Gasteiger partial charge in [-0.25, -0.2) is 4.39 Å². The molecule has 0 spiro atoms. The first-order valence-electron chi connectivity index (χ1n) is 10.9. The van der Waals surface area contributed by atoms with Gasteiger partial charge in [0.1, 0.15) is 23.8 Å². The monoisotopic (exact) mass is 660 g/mol. The molecular formula is C24H17Cl3F10N2O2. The van der Waals surface area contributed by atoms with Crippen molar-refractivity contribution in [1.29, 1.82) is 0 Å². The number of carbonyl (C=O) groups is 2. The number of allylic oxidation sites excluding steroid dienone is 1. The van der Waals surface area contributed by atoms with Gasteiger partial charge in [-0.05, 0) is 49.8 Å². The minimum absolute atomic E-state index is 0.0285. The van der Waals surface area contributed by atoms with E-state index in [1.54, 1.807) is 0 Å². The van der Waals surface area contributed by atoms with E-state index in [2.05, 4.69) is 0 Å². The zero-order valence-electron chi connectivity index (χ0n) is 20.5. The largest absolute Gasteiger partial charge is 0.417 e. The Morgan fingerprint density at radius 1 is 0.902 bits per heavy atom. The standard InChI is InChI=1S/C24H17Cl3F10N2O2/c1-21(2,20(41)38-9-22(29,30)31)39-19(40)12-4-3-10(5-14(12)24(35,36)37)17(28)8-13(23(32,33)34)11-6-15(25)18(27)16(26)7-11/h3-8,13H,9H2,1-2H3,(H,38,41)(H,39,40)/b17-8-. The number of amides is 2. The molecule has 0 aliphatic rings. The molecule has 17 heteroatoms. The molecule has 1 unspecified atom stereocenters. The molecule has 0 saturated carbocycles. The molecule has 0 aliphatic heterocycles. The van der Waals surface area contributed by atoms with Crippen LogP contribution in [0.3, 0.4) is 0 Å². The lowest BCUT2D eigenvalue weighted by Gasteiger charge is -2.26. The maximum atomic E-state index is 15.0.